The lowest BCUT2D eigenvalue weighted by atomic mass is 10.1. The molecule has 0 aliphatic carbocycles. The molecule has 1 aliphatic rings. The molecule has 96 valence electrons. The summed E-state index contributed by atoms with van der Waals surface area (Å²) < 4.78 is 13.1. The molecule has 2 amide bonds. The van der Waals surface area contributed by atoms with Crippen molar-refractivity contribution >= 4 is 17.5 Å². The van der Waals surface area contributed by atoms with E-state index in [2.05, 4.69) is 16.0 Å². The number of fused-ring (bicyclic) bond motifs is 1. The summed E-state index contributed by atoms with van der Waals surface area (Å²) in [4.78, 5) is 22.4. The van der Waals surface area contributed by atoms with E-state index in [9.17, 15) is 14.0 Å². The lowest BCUT2D eigenvalue weighted by molar-refractivity contribution is -0.118. The molecule has 0 spiro atoms. The molecule has 0 saturated heterocycles. The van der Waals surface area contributed by atoms with Gasteiger partial charge in [0.1, 0.15) is 11.9 Å². The Balaban J connectivity index is 1.99. The first-order valence-electron chi connectivity index (χ1n) is 5.66. The molecule has 0 saturated carbocycles. The third kappa shape index (κ3) is 2.65. The van der Waals surface area contributed by atoms with Crippen LogP contribution in [0, 0.1) is 5.82 Å². The third-order valence-electron chi connectivity index (χ3n) is 2.69. The Bertz CT molecular complexity index is 490. The molecule has 1 aliphatic heterocycles. The molecular formula is C12H14FN3O2. The van der Waals surface area contributed by atoms with Crippen molar-refractivity contribution in [3.63, 3.8) is 0 Å². The third-order valence-corrected chi connectivity index (χ3v) is 2.69. The molecule has 0 aromatic heterocycles. The summed E-state index contributed by atoms with van der Waals surface area (Å²) in [5.74, 6) is -0.712. The first-order valence-corrected chi connectivity index (χ1v) is 5.66. The Labute approximate surface area is 104 Å². The number of halogens is 1. The lowest BCUT2D eigenvalue weighted by Gasteiger charge is -2.11. The van der Waals surface area contributed by atoms with E-state index in [0.717, 1.165) is 0 Å². The van der Waals surface area contributed by atoms with Gasteiger partial charge in [0.25, 0.3) is 0 Å². The van der Waals surface area contributed by atoms with Gasteiger partial charge in [0.2, 0.25) is 11.8 Å². The number of anilines is 1. The fourth-order valence-corrected chi connectivity index (χ4v) is 1.89. The normalized spacial score (nSPS) is 17.2. The molecule has 0 fully saturated rings. The fraction of sp³-hybridized carbons (Fsp3) is 0.333. The number of rotatable bonds is 4. The molecule has 1 unspecified atom stereocenters. The average molecular weight is 251 g/mol. The zero-order valence-corrected chi connectivity index (χ0v) is 9.92. The van der Waals surface area contributed by atoms with E-state index in [1.165, 1.54) is 25.1 Å². The van der Waals surface area contributed by atoms with Crippen molar-refractivity contribution in [1.29, 1.82) is 0 Å². The SMILES string of the molecule is CC(=O)NCCNC1C(=O)Nc2ccc(F)cc21. The Morgan fingerprint density at radius 2 is 2.22 bits per heavy atom. The summed E-state index contributed by atoms with van der Waals surface area (Å²) in [5.41, 5.74) is 1.22. The molecule has 1 aromatic carbocycles. The molecule has 2 rings (SSSR count). The molecule has 5 nitrogen and oxygen atoms in total. The quantitative estimate of drug-likeness (QED) is 0.684. The van der Waals surface area contributed by atoms with Gasteiger partial charge in [-0.1, -0.05) is 0 Å². The smallest absolute Gasteiger partial charge is 0.246 e. The van der Waals surface area contributed by atoms with E-state index in [1.54, 1.807) is 0 Å². The van der Waals surface area contributed by atoms with Crippen LogP contribution in [-0.2, 0) is 9.59 Å². The van der Waals surface area contributed by atoms with E-state index in [0.29, 0.717) is 24.3 Å². The van der Waals surface area contributed by atoms with Crippen LogP contribution in [0.25, 0.3) is 0 Å². The molecule has 1 aromatic rings. The van der Waals surface area contributed by atoms with Crippen LogP contribution in [0.3, 0.4) is 0 Å². The van der Waals surface area contributed by atoms with Gasteiger partial charge in [-0.3, -0.25) is 9.59 Å². The number of carbonyl (C=O) groups excluding carboxylic acids is 2. The largest absolute Gasteiger partial charge is 0.355 e. The van der Waals surface area contributed by atoms with Crippen molar-refractivity contribution in [2.45, 2.75) is 13.0 Å². The number of hydrogen-bond acceptors (Lipinski definition) is 3. The van der Waals surface area contributed by atoms with Gasteiger partial charge in [0.05, 0.1) is 0 Å². The zero-order valence-electron chi connectivity index (χ0n) is 9.92. The van der Waals surface area contributed by atoms with Crippen LogP contribution < -0.4 is 16.0 Å². The van der Waals surface area contributed by atoms with E-state index in [-0.39, 0.29) is 17.6 Å². The summed E-state index contributed by atoms with van der Waals surface area (Å²) in [5, 5.41) is 8.26. The second-order valence-corrected chi connectivity index (χ2v) is 4.09. The summed E-state index contributed by atoms with van der Waals surface area (Å²) in [6.07, 6.45) is 0. The molecule has 0 radical (unpaired) electrons. The average Bonchev–Trinajstić information content (AvgIpc) is 2.60. The highest BCUT2D eigenvalue weighted by molar-refractivity contribution is 6.02. The Hall–Kier alpha value is -1.95. The number of nitrogens with one attached hydrogen (secondary N) is 3. The second-order valence-electron chi connectivity index (χ2n) is 4.09. The zero-order chi connectivity index (χ0) is 13.1. The highest BCUT2D eigenvalue weighted by Crippen LogP contribution is 2.30. The van der Waals surface area contributed by atoms with Crippen molar-refractivity contribution in [2.24, 2.45) is 0 Å². The van der Waals surface area contributed by atoms with Crippen LogP contribution in [0.2, 0.25) is 0 Å². The fourth-order valence-electron chi connectivity index (χ4n) is 1.89. The molecule has 1 heterocycles. The van der Waals surface area contributed by atoms with Crippen molar-refractivity contribution in [1.82, 2.24) is 10.6 Å². The molecule has 3 N–H and O–H groups in total. The maximum absolute atomic E-state index is 13.1. The van der Waals surface area contributed by atoms with Crippen molar-refractivity contribution in [3.05, 3.63) is 29.6 Å². The minimum atomic E-state index is -0.565. The molecular weight excluding hydrogens is 237 g/mol. The number of benzene rings is 1. The van der Waals surface area contributed by atoms with Gasteiger partial charge in [0, 0.05) is 31.3 Å². The van der Waals surface area contributed by atoms with Crippen LogP contribution >= 0.6 is 0 Å². The van der Waals surface area contributed by atoms with Crippen LogP contribution in [0.1, 0.15) is 18.5 Å². The van der Waals surface area contributed by atoms with Crippen LogP contribution in [0.15, 0.2) is 18.2 Å². The summed E-state index contributed by atoms with van der Waals surface area (Å²) in [7, 11) is 0. The maximum Gasteiger partial charge on any atom is 0.246 e. The van der Waals surface area contributed by atoms with Crippen LogP contribution in [-0.4, -0.2) is 24.9 Å². The number of hydrogen-bond donors (Lipinski definition) is 3. The molecule has 6 heteroatoms. The number of amides is 2. The Morgan fingerprint density at radius 1 is 1.44 bits per heavy atom. The van der Waals surface area contributed by atoms with E-state index in [1.807, 2.05) is 0 Å². The van der Waals surface area contributed by atoms with Crippen molar-refractivity contribution in [2.75, 3.05) is 18.4 Å². The molecule has 18 heavy (non-hydrogen) atoms. The van der Waals surface area contributed by atoms with E-state index in [4.69, 9.17) is 0 Å². The first-order chi connectivity index (χ1) is 8.58. The summed E-state index contributed by atoms with van der Waals surface area (Å²) >= 11 is 0. The maximum atomic E-state index is 13.1. The Morgan fingerprint density at radius 3 is 2.94 bits per heavy atom. The van der Waals surface area contributed by atoms with Crippen LogP contribution in [0.4, 0.5) is 10.1 Å². The van der Waals surface area contributed by atoms with Gasteiger partial charge >= 0.3 is 0 Å². The molecule has 0 bridgehead atoms. The van der Waals surface area contributed by atoms with Crippen molar-refractivity contribution in [3.8, 4) is 0 Å². The Kier molecular flexibility index (Phi) is 3.57. The lowest BCUT2D eigenvalue weighted by Crippen LogP contribution is -2.34. The second kappa shape index (κ2) is 5.14. The minimum Gasteiger partial charge on any atom is -0.355 e. The predicted molar refractivity (Wildman–Crippen MR) is 64.5 cm³/mol. The van der Waals surface area contributed by atoms with Gasteiger partial charge in [-0.05, 0) is 18.2 Å². The van der Waals surface area contributed by atoms with E-state index >= 15 is 0 Å². The monoisotopic (exact) mass is 251 g/mol. The first kappa shape index (κ1) is 12.5. The van der Waals surface area contributed by atoms with E-state index < -0.39 is 6.04 Å². The van der Waals surface area contributed by atoms with Crippen LogP contribution in [0.5, 0.6) is 0 Å². The highest BCUT2D eigenvalue weighted by Gasteiger charge is 2.30. The predicted octanol–water partition coefficient (Wildman–Crippen LogP) is 0.545. The summed E-state index contributed by atoms with van der Waals surface area (Å²) in [6.45, 7) is 2.28. The van der Waals surface area contributed by atoms with Gasteiger partial charge in [-0.15, -0.1) is 0 Å². The topological polar surface area (TPSA) is 70.2 Å². The minimum absolute atomic E-state index is 0.126. The summed E-state index contributed by atoms with van der Waals surface area (Å²) in [6, 6.07) is 3.62. The van der Waals surface area contributed by atoms with Gasteiger partial charge in [0.15, 0.2) is 0 Å². The van der Waals surface area contributed by atoms with Crippen molar-refractivity contribution < 1.29 is 14.0 Å². The van der Waals surface area contributed by atoms with Gasteiger partial charge < -0.3 is 16.0 Å². The van der Waals surface area contributed by atoms with Gasteiger partial charge in [-0.2, -0.15) is 0 Å². The standard InChI is InChI=1S/C12H14FN3O2/c1-7(17)14-4-5-15-11-9-6-8(13)2-3-10(9)16-12(11)18/h2-3,6,11,15H,4-5H2,1H3,(H,14,17)(H,16,18). The highest BCUT2D eigenvalue weighted by atomic mass is 19.1. The molecule has 1 atom stereocenters. The van der Waals surface area contributed by atoms with Gasteiger partial charge in [-0.25, -0.2) is 4.39 Å². The number of carbonyl (C=O) groups is 2.